The summed E-state index contributed by atoms with van der Waals surface area (Å²) in [5.41, 5.74) is 4.87. The Kier molecular flexibility index (Phi) is 7.39. The summed E-state index contributed by atoms with van der Waals surface area (Å²) in [5, 5.41) is 14.6. The lowest BCUT2D eigenvalue weighted by atomic mass is 10.1. The average molecular weight is 532 g/mol. The number of para-hydroxylation sites is 1. The molecule has 0 fully saturated rings. The second kappa shape index (κ2) is 11.2. The van der Waals surface area contributed by atoms with Crippen molar-refractivity contribution >= 4 is 15.9 Å². The Balaban J connectivity index is 1.50. The number of nitrogens with zero attached hydrogens (tertiary/aromatic N) is 3. The number of aromatic nitrogens is 2. The predicted molar refractivity (Wildman–Crippen MR) is 152 cm³/mol. The van der Waals surface area contributed by atoms with Crippen LogP contribution in [-0.4, -0.2) is 18.2 Å². The van der Waals surface area contributed by atoms with Crippen molar-refractivity contribution in [2.45, 2.75) is 18.4 Å². The molecular formula is C32H25N3O3S. The van der Waals surface area contributed by atoms with Gasteiger partial charge < -0.3 is 4.74 Å². The van der Waals surface area contributed by atoms with Crippen LogP contribution >= 0.6 is 0 Å². The van der Waals surface area contributed by atoms with E-state index in [1.807, 2.05) is 91.9 Å². The molecule has 0 aliphatic rings. The molecule has 5 aromatic rings. The highest BCUT2D eigenvalue weighted by atomic mass is 32.2. The van der Waals surface area contributed by atoms with E-state index in [0.29, 0.717) is 23.6 Å². The second-order valence-electron chi connectivity index (χ2n) is 8.95. The van der Waals surface area contributed by atoms with Gasteiger partial charge in [-0.05, 0) is 67.1 Å². The summed E-state index contributed by atoms with van der Waals surface area (Å²) in [5.74, 6) is 0.697. The first-order valence-corrected chi connectivity index (χ1v) is 13.8. The molecule has 0 aliphatic carbocycles. The Labute approximate surface area is 228 Å². The lowest BCUT2D eigenvalue weighted by Crippen LogP contribution is -2.03. The number of hydrogen-bond acceptors (Lipinski definition) is 5. The highest BCUT2D eigenvalue weighted by molar-refractivity contribution is 7.95. The largest absolute Gasteiger partial charge is 0.489 e. The van der Waals surface area contributed by atoms with E-state index in [0.717, 1.165) is 16.8 Å². The quantitative estimate of drug-likeness (QED) is 0.206. The highest BCUT2D eigenvalue weighted by Crippen LogP contribution is 2.29. The topological polar surface area (TPSA) is 85.0 Å². The van der Waals surface area contributed by atoms with Crippen LogP contribution in [-0.2, 0) is 16.4 Å². The van der Waals surface area contributed by atoms with Gasteiger partial charge in [-0.2, -0.15) is 10.4 Å². The molecule has 7 heteroatoms. The summed E-state index contributed by atoms with van der Waals surface area (Å²) in [4.78, 5) is -0.300. The highest BCUT2D eigenvalue weighted by Gasteiger charge is 2.22. The molecule has 0 bridgehead atoms. The van der Waals surface area contributed by atoms with Crippen LogP contribution in [0, 0.1) is 18.3 Å². The van der Waals surface area contributed by atoms with Gasteiger partial charge in [-0.1, -0.05) is 66.2 Å². The van der Waals surface area contributed by atoms with E-state index in [9.17, 15) is 13.7 Å². The van der Waals surface area contributed by atoms with Crippen molar-refractivity contribution in [1.29, 1.82) is 5.26 Å². The molecule has 0 N–H and O–H groups in total. The normalized spacial score (nSPS) is 11.6. The van der Waals surface area contributed by atoms with Crippen LogP contribution in [0.3, 0.4) is 0 Å². The summed E-state index contributed by atoms with van der Waals surface area (Å²) in [6.45, 7) is 2.49. The SMILES string of the molecule is Cc1ccc(COc2ccc(-c3nn(-c4ccccc4)cc3/C=C(/C#N)S(=O)(=O)c3ccccc3)cc2)cc1. The van der Waals surface area contributed by atoms with Crippen molar-refractivity contribution in [3.63, 3.8) is 0 Å². The molecule has 1 aromatic heterocycles. The molecule has 4 aromatic carbocycles. The molecule has 39 heavy (non-hydrogen) atoms. The molecule has 0 radical (unpaired) electrons. The van der Waals surface area contributed by atoms with E-state index in [2.05, 4.69) is 0 Å². The number of rotatable bonds is 8. The van der Waals surface area contributed by atoms with Crippen LogP contribution in [0.5, 0.6) is 5.75 Å². The predicted octanol–water partition coefficient (Wildman–Crippen LogP) is 6.77. The zero-order valence-electron chi connectivity index (χ0n) is 21.2. The summed E-state index contributed by atoms with van der Waals surface area (Å²) in [7, 11) is -4.00. The number of nitriles is 1. The van der Waals surface area contributed by atoms with Gasteiger partial charge in [-0.15, -0.1) is 0 Å². The molecule has 0 saturated heterocycles. The minimum atomic E-state index is -4.00. The standard InChI is InChI=1S/C32H25N3O3S/c1-24-12-14-25(15-13-24)23-38-29-18-16-26(17-19-29)32-27(22-35(34-32)28-8-4-2-5-9-28)20-31(21-33)39(36,37)30-10-6-3-7-11-30/h2-20,22H,23H2,1H3/b31-20-. The fraction of sp³-hybridized carbons (Fsp3) is 0.0625. The molecule has 0 atom stereocenters. The molecule has 6 nitrogen and oxygen atoms in total. The van der Waals surface area contributed by atoms with Gasteiger partial charge in [0.05, 0.1) is 10.6 Å². The van der Waals surface area contributed by atoms with Crippen LogP contribution in [0.1, 0.15) is 16.7 Å². The van der Waals surface area contributed by atoms with Crippen molar-refractivity contribution in [2.24, 2.45) is 0 Å². The Morgan fingerprint density at radius 1 is 0.897 bits per heavy atom. The van der Waals surface area contributed by atoms with E-state index in [1.54, 1.807) is 29.1 Å². The minimum Gasteiger partial charge on any atom is -0.489 e. The molecular weight excluding hydrogens is 506 g/mol. The lowest BCUT2D eigenvalue weighted by molar-refractivity contribution is 0.306. The van der Waals surface area contributed by atoms with E-state index in [1.165, 1.54) is 23.8 Å². The maximum absolute atomic E-state index is 13.2. The molecule has 1 heterocycles. The first kappa shape index (κ1) is 25.7. The van der Waals surface area contributed by atoms with Crippen LogP contribution in [0.25, 0.3) is 23.0 Å². The van der Waals surface area contributed by atoms with Crippen molar-refractivity contribution < 1.29 is 13.2 Å². The van der Waals surface area contributed by atoms with Crippen molar-refractivity contribution in [3.8, 4) is 28.8 Å². The van der Waals surface area contributed by atoms with Crippen molar-refractivity contribution in [3.05, 3.63) is 137 Å². The van der Waals surface area contributed by atoms with Crippen LogP contribution in [0.4, 0.5) is 0 Å². The van der Waals surface area contributed by atoms with Gasteiger partial charge >= 0.3 is 0 Å². The summed E-state index contributed by atoms with van der Waals surface area (Å²) in [6.07, 6.45) is 3.11. The van der Waals surface area contributed by atoms with E-state index in [4.69, 9.17) is 9.84 Å². The van der Waals surface area contributed by atoms with Gasteiger partial charge in [0.25, 0.3) is 0 Å². The zero-order valence-corrected chi connectivity index (χ0v) is 22.0. The van der Waals surface area contributed by atoms with Crippen molar-refractivity contribution in [2.75, 3.05) is 0 Å². The van der Waals surface area contributed by atoms with Crippen LogP contribution in [0.15, 0.2) is 125 Å². The Morgan fingerprint density at radius 3 is 2.18 bits per heavy atom. The van der Waals surface area contributed by atoms with Gasteiger partial charge in [0.2, 0.25) is 9.84 Å². The van der Waals surface area contributed by atoms with Gasteiger partial charge in [0, 0.05) is 17.3 Å². The average Bonchev–Trinajstić information content (AvgIpc) is 3.40. The number of sulfone groups is 1. The smallest absolute Gasteiger partial charge is 0.216 e. The number of hydrogen-bond donors (Lipinski definition) is 0. The van der Waals surface area contributed by atoms with Crippen molar-refractivity contribution in [1.82, 2.24) is 9.78 Å². The van der Waals surface area contributed by atoms with Gasteiger partial charge in [-0.3, -0.25) is 0 Å². The molecule has 5 rings (SSSR count). The zero-order chi connectivity index (χ0) is 27.2. The number of ether oxygens (including phenoxy) is 1. The fourth-order valence-corrected chi connectivity index (χ4v) is 5.20. The first-order valence-electron chi connectivity index (χ1n) is 12.3. The maximum atomic E-state index is 13.2. The Bertz CT molecular complexity index is 1750. The molecule has 0 aliphatic heterocycles. The third-order valence-corrected chi connectivity index (χ3v) is 7.84. The number of benzene rings is 4. The Hall–Kier alpha value is -4.93. The van der Waals surface area contributed by atoms with Gasteiger partial charge in [-0.25, -0.2) is 13.1 Å². The summed E-state index contributed by atoms with van der Waals surface area (Å²) >= 11 is 0. The summed E-state index contributed by atoms with van der Waals surface area (Å²) in [6, 6.07) is 34.9. The summed E-state index contributed by atoms with van der Waals surface area (Å²) < 4.78 is 34.0. The lowest BCUT2D eigenvalue weighted by Gasteiger charge is -2.08. The van der Waals surface area contributed by atoms with E-state index < -0.39 is 9.84 Å². The van der Waals surface area contributed by atoms with Gasteiger partial charge in [0.15, 0.2) is 0 Å². The number of allylic oxidation sites excluding steroid dienone is 1. The third-order valence-electron chi connectivity index (χ3n) is 6.16. The van der Waals surface area contributed by atoms with E-state index >= 15 is 0 Å². The first-order chi connectivity index (χ1) is 18.9. The molecule has 0 amide bonds. The van der Waals surface area contributed by atoms with Crippen LogP contribution < -0.4 is 4.74 Å². The molecule has 0 unspecified atom stereocenters. The molecule has 0 spiro atoms. The minimum absolute atomic E-state index is 0.0601. The van der Waals surface area contributed by atoms with Crippen LogP contribution in [0.2, 0.25) is 0 Å². The molecule has 0 saturated carbocycles. The molecule has 192 valence electrons. The second-order valence-corrected chi connectivity index (χ2v) is 10.9. The van der Waals surface area contributed by atoms with Gasteiger partial charge in [0.1, 0.15) is 29.0 Å². The fourth-order valence-electron chi connectivity index (χ4n) is 4.03. The number of aryl methyl sites for hydroxylation is 1. The third kappa shape index (κ3) is 5.82. The Morgan fingerprint density at radius 2 is 1.54 bits per heavy atom. The van der Waals surface area contributed by atoms with E-state index in [-0.39, 0.29) is 9.80 Å². The monoisotopic (exact) mass is 531 g/mol. The maximum Gasteiger partial charge on any atom is 0.216 e.